The molecule has 0 bridgehead atoms. The van der Waals surface area contributed by atoms with Gasteiger partial charge < -0.3 is 4.74 Å². The Morgan fingerprint density at radius 3 is 2.89 bits per heavy atom. The highest BCUT2D eigenvalue weighted by molar-refractivity contribution is 7.98. The van der Waals surface area contributed by atoms with Crippen molar-refractivity contribution in [2.45, 2.75) is 24.3 Å². The minimum atomic E-state index is -0.384. The van der Waals surface area contributed by atoms with Crippen LogP contribution < -0.4 is 0 Å². The molecule has 0 saturated carbocycles. The molecule has 0 radical (unpaired) electrons. The number of hydrogen-bond acceptors (Lipinski definition) is 8. The van der Waals surface area contributed by atoms with Gasteiger partial charge >= 0.3 is 5.97 Å². The Morgan fingerprint density at radius 1 is 1.26 bits per heavy atom. The number of nitrogens with zero attached hydrogens (tertiary/aromatic N) is 7. The van der Waals surface area contributed by atoms with E-state index in [0.29, 0.717) is 27.8 Å². The summed E-state index contributed by atoms with van der Waals surface area (Å²) in [6, 6.07) is 8.32. The molecule has 0 N–H and O–H groups in total. The van der Waals surface area contributed by atoms with Gasteiger partial charge in [0.25, 0.3) is 5.78 Å². The average molecular weight is 383 g/mol. The Hall–Kier alpha value is -3.01. The lowest BCUT2D eigenvalue weighted by molar-refractivity contribution is -0.139. The summed E-state index contributed by atoms with van der Waals surface area (Å²) in [4.78, 5) is 16.0. The summed E-state index contributed by atoms with van der Waals surface area (Å²) in [6.45, 7) is 2.07. The summed E-state index contributed by atoms with van der Waals surface area (Å²) in [5.74, 6) is 0.764. The largest absolute Gasteiger partial charge is 0.469 e. The van der Waals surface area contributed by atoms with E-state index in [2.05, 4.69) is 50.5 Å². The maximum atomic E-state index is 11.6. The number of rotatable bonds is 5. The summed E-state index contributed by atoms with van der Waals surface area (Å²) in [5.41, 5.74) is 4.06. The molecule has 0 aliphatic rings. The van der Waals surface area contributed by atoms with Gasteiger partial charge in [0.1, 0.15) is 5.69 Å². The fourth-order valence-corrected chi connectivity index (χ4v) is 3.58. The molecule has 0 spiro atoms. The smallest absolute Gasteiger partial charge is 0.311 e. The fourth-order valence-electron chi connectivity index (χ4n) is 2.82. The number of fused-ring (bicyclic) bond motifs is 3. The highest BCUT2D eigenvalue weighted by atomic mass is 32.2. The van der Waals surface area contributed by atoms with Crippen LogP contribution in [-0.2, 0) is 28.8 Å². The van der Waals surface area contributed by atoms with Crippen molar-refractivity contribution in [1.82, 2.24) is 34.6 Å². The van der Waals surface area contributed by atoms with E-state index < -0.39 is 0 Å². The molecule has 10 heteroatoms. The second-order valence-corrected chi connectivity index (χ2v) is 7.02. The van der Waals surface area contributed by atoms with Crippen LogP contribution in [0.3, 0.4) is 0 Å². The van der Waals surface area contributed by atoms with Gasteiger partial charge in [-0.2, -0.15) is 14.6 Å². The second-order valence-electron chi connectivity index (χ2n) is 6.08. The predicted octanol–water partition coefficient (Wildman–Crippen LogP) is 1.72. The van der Waals surface area contributed by atoms with Crippen LogP contribution in [-0.4, -0.2) is 47.7 Å². The number of esters is 1. The van der Waals surface area contributed by atoms with Gasteiger partial charge in [-0.1, -0.05) is 41.6 Å². The Bertz CT molecular complexity index is 1150. The third-order valence-corrected chi connectivity index (χ3v) is 4.97. The zero-order valence-electron chi connectivity index (χ0n) is 15.1. The number of carbonyl (C=O) groups excluding carboxylic acids is 1. The molecule has 0 saturated heterocycles. The number of aryl methyl sites for hydroxylation is 2. The van der Waals surface area contributed by atoms with Crippen molar-refractivity contribution in [1.29, 1.82) is 0 Å². The third kappa shape index (κ3) is 3.35. The number of aromatic nitrogens is 7. The summed E-state index contributed by atoms with van der Waals surface area (Å²) >= 11 is 1.53. The molecule has 4 aromatic rings. The van der Waals surface area contributed by atoms with E-state index in [-0.39, 0.29) is 12.4 Å². The van der Waals surface area contributed by atoms with E-state index in [1.54, 1.807) is 16.2 Å². The van der Waals surface area contributed by atoms with Crippen LogP contribution in [0.1, 0.15) is 16.8 Å². The maximum absolute atomic E-state index is 11.6. The lowest BCUT2D eigenvalue weighted by Gasteiger charge is -1.99. The molecular weight excluding hydrogens is 366 g/mol. The summed E-state index contributed by atoms with van der Waals surface area (Å²) in [6.07, 6.45) is 0.0255. The molecule has 9 nitrogen and oxygen atoms in total. The van der Waals surface area contributed by atoms with Gasteiger partial charge in [-0.3, -0.25) is 4.79 Å². The molecule has 0 amide bonds. The van der Waals surface area contributed by atoms with Gasteiger partial charge in [0, 0.05) is 12.8 Å². The van der Waals surface area contributed by atoms with Gasteiger partial charge in [-0.05, 0) is 12.5 Å². The van der Waals surface area contributed by atoms with Crippen molar-refractivity contribution < 1.29 is 9.53 Å². The molecule has 0 atom stereocenters. The van der Waals surface area contributed by atoms with E-state index in [9.17, 15) is 4.79 Å². The van der Waals surface area contributed by atoms with Crippen LogP contribution in [0, 0.1) is 6.92 Å². The van der Waals surface area contributed by atoms with Gasteiger partial charge in [0.05, 0.1) is 13.5 Å². The highest BCUT2D eigenvalue weighted by Gasteiger charge is 2.19. The number of ether oxygens (including phenoxy) is 1. The van der Waals surface area contributed by atoms with Gasteiger partial charge in [0.15, 0.2) is 11.2 Å². The number of thioether (sulfide) groups is 1. The molecule has 0 fully saturated rings. The standard InChI is InChI=1S/C17H17N7O2S/c1-10-5-4-6-11(7-10)9-27-17-18-16-20-19-14-12(8-13(25)26-3)21-23(2)15(14)24(16)22-17/h4-7H,8-9H2,1-3H3. The van der Waals surface area contributed by atoms with Crippen molar-refractivity contribution in [2.75, 3.05) is 7.11 Å². The van der Waals surface area contributed by atoms with E-state index in [1.165, 1.54) is 30.0 Å². The lowest BCUT2D eigenvalue weighted by atomic mass is 10.2. The molecule has 27 heavy (non-hydrogen) atoms. The molecule has 1 aromatic carbocycles. The first-order chi connectivity index (χ1) is 13.0. The Balaban J connectivity index is 1.67. The minimum absolute atomic E-state index is 0.0255. The van der Waals surface area contributed by atoms with Crippen molar-refractivity contribution in [2.24, 2.45) is 7.05 Å². The SMILES string of the molecule is COC(=O)Cc1nn(C)c2c1nnc1nc(SCc3cccc(C)c3)nn12. The van der Waals surface area contributed by atoms with Crippen LogP contribution in [0.5, 0.6) is 0 Å². The van der Waals surface area contributed by atoms with Crippen LogP contribution in [0.25, 0.3) is 16.9 Å². The topological polar surface area (TPSA) is 100 Å². The Kier molecular flexibility index (Phi) is 4.48. The first-order valence-electron chi connectivity index (χ1n) is 8.25. The summed E-state index contributed by atoms with van der Waals surface area (Å²) in [7, 11) is 3.11. The Labute approximate surface area is 158 Å². The highest BCUT2D eigenvalue weighted by Crippen LogP contribution is 2.22. The van der Waals surface area contributed by atoms with Crippen molar-refractivity contribution in [3.63, 3.8) is 0 Å². The second kappa shape index (κ2) is 6.95. The first-order valence-corrected chi connectivity index (χ1v) is 9.24. The van der Waals surface area contributed by atoms with Gasteiger partial charge in [-0.25, -0.2) is 4.68 Å². The molecule has 0 aliphatic carbocycles. The van der Waals surface area contributed by atoms with Crippen LogP contribution in [0.2, 0.25) is 0 Å². The molecule has 3 heterocycles. The predicted molar refractivity (Wildman–Crippen MR) is 99.3 cm³/mol. The first kappa shape index (κ1) is 17.4. The normalized spacial score (nSPS) is 11.4. The molecule has 138 valence electrons. The van der Waals surface area contributed by atoms with Gasteiger partial charge in [-0.15, -0.1) is 15.3 Å². The van der Waals surface area contributed by atoms with Crippen molar-refractivity contribution in [3.8, 4) is 0 Å². The molecule has 0 unspecified atom stereocenters. The molecule has 4 rings (SSSR count). The maximum Gasteiger partial charge on any atom is 0.311 e. The van der Waals surface area contributed by atoms with Gasteiger partial charge in [0.2, 0.25) is 5.16 Å². The average Bonchev–Trinajstić information content (AvgIpc) is 3.20. The molecule has 3 aromatic heterocycles. The van der Waals surface area contributed by atoms with E-state index in [4.69, 9.17) is 4.74 Å². The zero-order chi connectivity index (χ0) is 19.0. The van der Waals surface area contributed by atoms with Crippen LogP contribution in [0.15, 0.2) is 29.4 Å². The molecule has 0 aliphatic heterocycles. The monoisotopic (exact) mass is 383 g/mol. The summed E-state index contributed by atoms with van der Waals surface area (Å²) in [5, 5.41) is 17.8. The van der Waals surface area contributed by atoms with Crippen LogP contribution in [0.4, 0.5) is 0 Å². The Morgan fingerprint density at radius 2 is 2.11 bits per heavy atom. The fraction of sp³-hybridized carbons (Fsp3) is 0.294. The lowest BCUT2D eigenvalue weighted by Crippen LogP contribution is -2.06. The molecular formula is C17H17N7O2S. The quantitative estimate of drug-likeness (QED) is 0.379. The van der Waals surface area contributed by atoms with Crippen LogP contribution >= 0.6 is 11.8 Å². The van der Waals surface area contributed by atoms with Crippen molar-refractivity contribution >= 4 is 34.7 Å². The van der Waals surface area contributed by atoms with E-state index in [1.807, 2.05) is 6.07 Å². The number of carbonyl (C=O) groups is 1. The number of hydrogen-bond donors (Lipinski definition) is 0. The number of benzene rings is 1. The summed E-state index contributed by atoms with van der Waals surface area (Å²) < 4.78 is 7.94. The third-order valence-electron chi connectivity index (χ3n) is 4.06. The minimum Gasteiger partial charge on any atom is -0.469 e. The van der Waals surface area contributed by atoms with E-state index >= 15 is 0 Å². The zero-order valence-corrected chi connectivity index (χ0v) is 15.9. The number of methoxy groups -OCH3 is 1. The van der Waals surface area contributed by atoms with E-state index in [0.717, 1.165) is 5.75 Å². The van der Waals surface area contributed by atoms with Crippen molar-refractivity contribution in [3.05, 3.63) is 41.1 Å².